The highest BCUT2D eigenvalue weighted by molar-refractivity contribution is 4.81. The molecule has 3 N–H and O–H groups in total. The van der Waals surface area contributed by atoms with Gasteiger partial charge in [-0.05, 0) is 32.1 Å². The Hall–Kier alpha value is -0.340. The zero-order valence-corrected chi connectivity index (χ0v) is 13.7. The van der Waals surface area contributed by atoms with Crippen molar-refractivity contribution in [3.8, 4) is 0 Å². The molecule has 0 radical (unpaired) electrons. The Morgan fingerprint density at radius 3 is 1.85 bits per heavy atom. The molecule has 20 heavy (non-hydrogen) atoms. The van der Waals surface area contributed by atoms with Crippen LogP contribution in [0.3, 0.4) is 0 Å². The standard InChI is InChI=1S/C18H37NO/c1-2-3-4-5-6-7-8-9-10-11-12-13-14-15-16-18(19)17-20/h9-10,18,20H,2-8,11-17,19H2,1H3. The van der Waals surface area contributed by atoms with E-state index in [4.69, 9.17) is 10.8 Å². The van der Waals surface area contributed by atoms with Crippen molar-refractivity contribution >= 4 is 0 Å². The van der Waals surface area contributed by atoms with Gasteiger partial charge in [-0.2, -0.15) is 0 Å². The first-order valence-electron chi connectivity index (χ1n) is 8.82. The molecular formula is C18H37NO. The van der Waals surface area contributed by atoms with Crippen LogP contribution in [0.2, 0.25) is 0 Å². The third-order valence-corrected chi connectivity index (χ3v) is 3.82. The molecule has 0 fully saturated rings. The molecule has 0 heterocycles. The SMILES string of the molecule is CCCCCCCCC=CCCCCCCC(N)CO. The van der Waals surface area contributed by atoms with Crippen molar-refractivity contribution in [2.24, 2.45) is 5.73 Å². The molecule has 0 bridgehead atoms. The van der Waals surface area contributed by atoms with Crippen LogP contribution in [0.1, 0.15) is 90.4 Å². The zero-order valence-electron chi connectivity index (χ0n) is 13.7. The highest BCUT2D eigenvalue weighted by atomic mass is 16.3. The molecule has 120 valence electrons. The summed E-state index contributed by atoms with van der Waals surface area (Å²) in [6.07, 6.45) is 21.5. The maximum Gasteiger partial charge on any atom is 0.0582 e. The fraction of sp³-hybridized carbons (Fsp3) is 0.889. The van der Waals surface area contributed by atoms with Gasteiger partial charge in [0.05, 0.1) is 6.61 Å². The van der Waals surface area contributed by atoms with Gasteiger partial charge in [-0.25, -0.2) is 0 Å². The molecule has 0 aromatic rings. The number of hydrogen-bond donors (Lipinski definition) is 2. The third kappa shape index (κ3) is 15.7. The third-order valence-electron chi connectivity index (χ3n) is 3.82. The Bertz CT molecular complexity index is 204. The Morgan fingerprint density at radius 1 is 0.800 bits per heavy atom. The number of aliphatic hydroxyl groups is 1. The van der Waals surface area contributed by atoms with Crippen molar-refractivity contribution < 1.29 is 5.11 Å². The average molecular weight is 283 g/mol. The van der Waals surface area contributed by atoms with E-state index in [-0.39, 0.29) is 12.6 Å². The van der Waals surface area contributed by atoms with Gasteiger partial charge >= 0.3 is 0 Å². The van der Waals surface area contributed by atoms with Crippen LogP contribution in [0.15, 0.2) is 12.2 Å². The molecule has 1 unspecified atom stereocenters. The van der Waals surface area contributed by atoms with Crippen molar-refractivity contribution in [3.63, 3.8) is 0 Å². The Kier molecular flexibility index (Phi) is 16.4. The van der Waals surface area contributed by atoms with Gasteiger partial charge in [-0.15, -0.1) is 0 Å². The first-order chi connectivity index (χ1) is 9.81. The molecule has 0 aliphatic carbocycles. The average Bonchev–Trinajstić information content (AvgIpc) is 2.47. The molecule has 2 heteroatoms. The van der Waals surface area contributed by atoms with Crippen LogP contribution in [0, 0.1) is 0 Å². The van der Waals surface area contributed by atoms with E-state index in [0.717, 1.165) is 12.8 Å². The van der Waals surface area contributed by atoms with E-state index in [9.17, 15) is 0 Å². The normalized spacial score (nSPS) is 13.2. The topological polar surface area (TPSA) is 46.2 Å². The van der Waals surface area contributed by atoms with Gasteiger partial charge in [0.2, 0.25) is 0 Å². The van der Waals surface area contributed by atoms with Crippen LogP contribution in [0.4, 0.5) is 0 Å². The van der Waals surface area contributed by atoms with Crippen LogP contribution < -0.4 is 5.73 Å². The summed E-state index contributed by atoms with van der Waals surface area (Å²) in [7, 11) is 0. The fourth-order valence-electron chi connectivity index (χ4n) is 2.39. The molecule has 0 saturated heterocycles. The van der Waals surface area contributed by atoms with E-state index in [1.54, 1.807) is 0 Å². The van der Waals surface area contributed by atoms with Crippen LogP contribution in [-0.2, 0) is 0 Å². The van der Waals surface area contributed by atoms with E-state index in [0.29, 0.717) is 0 Å². The molecule has 1 atom stereocenters. The number of hydrogen-bond acceptors (Lipinski definition) is 2. The van der Waals surface area contributed by atoms with Crippen LogP contribution in [-0.4, -0.2) is 17.8 Å². The van der Waals surface area contributed by atoms with Crippen molar-refractivity contribution in [3.05, 3.63) is 12.2 Å². The summed E-state index contributed by atoms with van der Waals surface area (Å²) in [4.78, 5) is 0. The predicted octanol–water partition coefficient (Wildman–Crippen LogP) is 4.95. The highest BCUT2D eigenvalue weighted by Crippen LogP contribution is 2.09. The summed E-state index contributed by atoms with van der Waals surface area (Å²) in [6.45, 7) is 2.39. The van der Waals surface area contributed by atoms with Gasteiger partial charge in [0.15, 0.2) is 0 Å². The van der Waals surface area contributed by atoms with E-state index in [1.165, 1.54) is 70.6 Å². The van der Waals surface area contributed by atoms with Gasteiger partial charge in [0, 0.05) is 6.04 Å². The van der Waals surface area contributed by atoms with E-state index in [1.807, 2.05) is 0 Å². The lowest BCUT2D eigenvalue weighted by Crippen LogP contribution is -2.23. The number of unbranched alkanes of at least 4 members (excludes halogenated alkanes) is 10. The second-order valence-corrected chi connectivity index (χ2v) is 5.96. The smallest absolute Gasteiger partial charge is 0.0582 e. The molecular weight excluding hydrogens is 246 g/mol. The number of nitrogens with two attached hydrogens (primary N) is 1. The lowest BCUT2D eigenvalue weighted by molar-refractivity contribution is 0.257. The van der Waals surface area contributed by atoms with Gasteiger partial charge in [0.25, 0.3) is 0 Å². The summed E-state index contributed by atoms with van der Waals surface area (Å²) in [5.74, 6) is 0. The summed E-state index contributed by atoms with van der Waals surface area (Å²) in [5, 5.41) is 8.80. The predicted molar refractivity (Wildman–Crippen MR) is 89.9 cm³/mol. The summed E-state index contributed by atoms with van der Waals surface area (Å²) >= 11 is 0. The molecule has 0 aromatic carbocycles. The van der Waals surface area contributed by atoms with Gasteiger partial charge < -0.3 is 10.8 Å². The molecule has 0 spiro atoms. The number of aliphatic hydroxyl groups excluding tert-OH is 1. The molecule has 2 nitrogen and oxygen atoms in total. The molecule has 0 rings (SSSR count). The second kappa shape index (κ2) is 16.7. The minimum atomic E-state index is -0.00720. The van der Waals surface area contributed by atoms with Crippen LogP contribution in [0.25, 0.3) is 0 Å². The Labute approximate surface area is 126 Å². The number of rotatable bonds is 15. The molecule has 0 amide bonds. The van der Waals surface area contributed by atoms with E-state index < -0.39 is 0 Å². The van der Waals surface area contributed by atoms with Crippen molar-refractivity contribution in [2.75, 3.05) is 6.61 Å². The van der Waals surface area contributed by atoms with Crippen LogP contribution >= 0.6 is 0 Å². The molecule has 0 aromatic heterocycles. The Balaban J connectivity index is 3.09. The largest absolute Gasteiger partial charge is 0.395 e. The van der Waals surface area contributed by atoms with Gasteiger partial charge in [0.1, 0.15) is 0 Å². The molecule has 0 aliphatic heterocycles. The fourth-order valence-corrected chi connectivity index (χ4v) is 2.39. The van der Waals surface area contributed by atoms with Crippen molar-refractivity contribution in [1.82, 2.24) is 0 Å². The monoisotopic (exact) mass is 283 g/mol. The van der Waals surface area contributed by atoms with Gasteiger partial charge in [-0.1, -0.05) is 70.4 Å². The first kappa shape index (κ1) is 19.7. The van der Waals surface area contributed by atoms with Gasteiger partial charge in [-0.3, -0.25) is 0 Å². The zero-order chi connectivity index (χ0) is 14.9. The summed E-state index contributed by atoms with van der Waals surface area (Å²) in [6, 6.07) is -0.00720. The molecule has 0 saturated carbocycles. The lowest BCUT2D eigenvalue weighted by atomic mass is 10.1. The first-order valence-corrected chi connectivity index (χ1v) is 8.82. The quantitative estimate of drug-likeness (QED) is 0.330. The number of allylic oxidation sites excluding steroid dienone is 2. The molecule has 0 aliphatic rings. The second-order valence-electron chi connectivity index (χ2n) is 5.96. The maximum atomic E-state index is 8.80. The van der Waals surface area contributed by atoms with E-state index in [2.05, 4.69) is 19.1 Å². The minimum Gasteiger partial charge on any atom is -0.395 e. The maximum absolute atomic E-state index is 8.80. The van der Waals surface area contributed by atoms with Crippen molar-refractivity contribution in [1.29, 1.82) is 0 Å². The summed E-state index contributed by atoms with van der Waals surface area (Å²) < 4.78 is 0. The lowest BCUT2D eigenvalue weighted by Gasteiger charge is -2.06. The highest BCUT2D eigenvalue weighted by Gasteiger charge is 1.98. The summed E-state index contributed by atoms with van der Waals surface area (Å²) in [5.41, 5.74) is 5.66. The minimum absolute atomic E-state index is 0.00720. The van der Waals surface area contributed by atoms with Crippen molar-refractivity contribution in [2.45, 2.75) is 96.4 Å². The van der Waals surface area contributed by atoms with E-state index >= 15 is 0 Å². The van der Waals surface area contributed by atoms with Crippen LogP contribution in [0.5, 0.6) is 0 Å². The Morgan fingerprint density at radius 2 is 1.30 bits per heavy atom.